The van der Waals surface area contributed by atoms with Gasteiger partial charge in [-0.3, -0.25) is 4.79 Å². The quantitative estimate of drug-likeness (QED) is 0.588. The number of carbonyl (C=O) groups is 1. The van der Waals surface area contributed by atoms with Gasteiger partial charge in [0.25, 0.3) is 0 Å². The van der Waals surface area contributed by atoms with Gasteiger partial charge >= 0.3 is 0 Å². The number of rotatable bonds is 2. The molecule has 0 saturated heterocycles. The third-order valence-corrected chi connectivity index (χ3v) is 3.34. The summed E-state index contributed by atoms with van der Waals surface area (Å²) in [5, 5.41) is 0. The number of hydrogen-bond acceptors (Lipinski definition) is 1. The van der Waals surface area contributed by atoms with Gasteiger partial charge in [0, 0.05) is 10.0 Å². The fourth-order valence-electron chi connectivity index (χ4n) is 1.07. The third kappa shape index (κ3) is 2.12. The van der Waals surface area contributed by atoms with E-state index in [-0.39, 0.29) is 11.7 Å². The number of carbonyl (C=O) groups excluding carboxylic acids is 1. The predicted octanol–water partition coefficient (Wildman–Crippen LogP) is 3.49. The zero-order valence-corrected chi connectivity index (χ0v) is 9.87. The standard InChI is InChI=1S/C10H10BrClO/c1-6-3-4-8(9(13)5-12)10(11)7(6)2/h3-4H,5H2,1-2H3. The number of halogens is 2. The Hall–Kier alpha value is -0.340. The molecule has 0 N–H and O–H groups in total. The molecule has 13 heavy (non-hydrogen) atoms. The van der Waals surface area contributed by atoms with Gasteiger partial charge in [-0.25, -0.2) is 0 Å². The van der Waals surface area contributed by atoms with E-state index >= 15 is 0 Å². The third-order valence-electron chi connectivity index (χ3n) is 2.08. The molecule has 0 radical (unpaired) electrons. The summed E-state index contributed by atoms with van der Waals surface area (Å²) in [5.41, 5.74) is 2.92. The maximum Gasteiger partial charge on any atom is 0.178 e. The maximum atomic E-state index is 11.3. The second-order valence-electron chi connectivity index (χ2n) is 2.93. The minimum Gasteiger partial charge on any atom is -0.293 e. The minimum absolute atomic E-state index is 0.0289. The summed E-state index contributed by atoms with van der Waals surface area (Å²) >= 11 is 8.87. The van der Waals surface area contributed by atoms with Crippen LogP contribution in [0.25, 0.3) is 0 Å². The summed E-state index contributed by atoms with van der Waals surface area (Å²) in [6.45, 7) is 3.99. The van der Waals surface area contributed by atoms with Crippen LogP contribution < -0.4 is 0 Å². The van der Waals surface area contributed by atoms with Gasteiger partial charge in [-0.15, -0.1) is 11.6 Å². The zero-order chi connectivity index (χ0) is 10.0. The smallest absolute Gasteiger partial charge is 0.178 e. The Labute approximate surface area is 91.2 Å². The van der Waals surface area contributed by atoms with Crippen LogP contribution in [0.15, 0.2) is 16.6 Å². The Bertz CT molecular complexity index is 347. The van der Waals surface area contributed by atoms with Gasteiger partial charge in [-0.2, -0.15) is 0 Å². The van der Waals surface area contributed by atoms with Crippen molar-refractivity contribution in [3.05, 3.63) is 33.3 Å². The molecule has 0 amide bonds. The lowest BCUT2D eigenvalue weighted by atomic mass is 10.0. The average Bonchev–Trinajstić information content (AvgIpc) is 2.13. The van der Waals surface area contributed by atoms with Crippen LogP contribution in [0.1, 0.15) is 21.5 Å². The largest absolute Gasteiger partial charge is 0.293 e. The lowest BCUT2D eigenvalue weighted by Gasteiger charge is -2.07. The van der Waals surface area contributed by atoms with Gasteiger partial charge in [0.05, 0.1) is 5.88 Å². The lowest BCUT2D eigenvalue weighted by molar-refractivity contribution is 0.102. The molecule has 0 bridgehead atoms. The molecule has 0 aromatic heterocycles. The summed E-state index contributed by atoms with van der Waals surface area (Å²) in [6.07, 6.45) is 0. The fraction of sp³-hybridized carbons (Fsp3) is 0.300. The highest BCUT2D eigenvalue weighted by Gasteiger charge is 2.11. The van der Waals surface area contributed by atoms with Crippen molar-refractivity contribution in [1.82, 2.24) is 0 Å². The monoisotopic (exact) mass is 260 g/mol. The Balaban J connectivity index is 3.26. The first kappa shape index (κ1) is 10.7. The SMILES string of the molecule is Cc1ccc(C(=O)CCl)c(Br)c1C. The van der Waals surface area contributed by atoms with E-state index in [9.17, 15) is 4.79 Å². The van der Waals surface area contributed by atoms with Crippen LogP contribution in [0.3, 0.4) is 0 Å². The summed E-state index contributed by atoms with van der Waals surface area (Å²) < 4.78 is 0.859. The molecule has 0 aliphatic rings. The van der Waals surface area contributed by atoms with E-state index < -0.39 is 0 Å². The van der Waals surface area contributed by atoms with Crippen LogP contribution in [-0.2, 0) is 0 Å². The molecule has 3 heteroatoms. The Kier molecular flexibility index (Phi) is 3.51. The van der Waals surface area contributed by atoms with E-state index in [1.165, 1.54) is 0 Å². The summed E-state index contributed by atoms with van der Waals surface area (Å²) in [6, 6.07) is 3.73. The molecule has 0 atom stereocenters. The Morgan fingerprint density at radius 2 is 2.08 bits per heavy atom. The van der Waals surface area contributed by atoms with E-state index in [4.69, 9.17) is 11.6 Å². The van der Waals surface area contributed by atoms with Gasteiger partial charge in [0.1, 0.15) is 0 Å². The first-order chi connectivity index (χ1) is 6.07. The van der Waals surface area contributed by atoms with Crippen molar-refractivity contribution in [2.24, 2.45) is 0 Å². The molecule has 0 spiro atoms. The van der Waals surface area contributed by atoms with Crippen LogP contribution in [0.2, 0.25) is 0 Å². The molecule has 0 aliphatic heterocycles. The van der Waals surface area contributed by atoms with Crippen molar-refractivity contribution < 1.29 is 4.79 Å². The molecule has 0 unspecified atom stereocenters. The van der Waals surface area contributed by atoms with E-state index in [1.807, 2.05) is 19.9 Å². The first-order valence-corrected chi connectivity index (χ1v) is 5.25. The van der Waals surface area contributed by atoms with Gasteiger partial charge in [0.2, 0.25) is 0 Å². The highest BCUT2D eigenvalue weighted by atomic mass is 79.9. The van der Waals surface area contributed by atoms with Crippen LogP contribution in [0.5, 0.6) is 0 Å². The number of alkyl halides is 1. The van der Waals surface area contributed by atoms with Crippen molar-refractivity contribution in [3.63, 3.8) is 0 Å². The maximum absolute atomic E-state index is 11.3. The molecule has 0 saturated carbocycles. The van der Waals surface area contributed by atoms with Crippen LogP contribution in [-0.4, -0.2) is 11.7 Å². The predicted molar refractivity (Wildman–Crippen MR) is 58.7 cm³/mol. The second kappa shape index (κ2) is 4.25. The average molecular weight is 262 g/mol. The number of benzene rings is 1. The Morgan fingerprint density at radius 1 is 1.46 bits per heavy atom. The van der Waals surface area contributed by atoms with Gasteiger partial charge < -0.3 is 0 Å². The van der Waals surface area contributed by atoms with E-state index in [0.717, 1.165) is 15.6 Å². The van der Waals surface area contributed by atoms with Gasteiger partial charge in [-0.05, 0) is 47.0 Å². The number of ketones is 1. The molecule has 1 aromatic carbocycles. The van der Waals surface area contributed by atoms with E-state index in [0.29, 0.717) is 5.56 Å². The van der Waals surface area contributed by atoms with Crippen LogP contribution >= 0.6 is 27.5 Å². The van der Waals surface area contributed by atoms with Gasteiger partial charge in [0.15, 0.2) is 5.78 Å². The molecule has 1 aromatic rings. The molecule has 0 heterocycles. The van der Waals surface area contributed by atoms with Crippen LogP contribution in [0, 0.1) is 13.8 Å². The van der Waals surface area contributed by atoms with Crippen molar-refractivity contribution >= 4 is 33.3 Å². The zero-order valence-electron chi connectivity index (χ0n) is 7.53. The lowest BCUT2D eigenvalue weighted by Crippen LogP contribution is -2.02. The van der Waals surface area contributed by atoms with E-state index in [2.05, 4.69) is 15.9 Å². The topological polar surface area (TPSA) is 17.1 Å². The number of aryl methyl sites for hydroxylation is 1. The second-order valence-corrected chi connectivity index (χ2v) is 3.99. The highest BCUT2D eigenvalue weighted by molar-refractivity contribution is 9.10. The number of Topliss-reactive ketones (excluding diaryl/α,β-unsaturated/α-hetero) is 1. The molecular weight excluding hydrogens is 251 g/mol. The summed E-state index contributed by atoms with van der Waals surface area (Å²) in [5.74, 6) is -0.0159. The minimum atomic E-state index is -0.0448. The molecule has 1 nitrogen and oxygen atoms in total. The highest BCUT2D eigenvalue weighted by Crippen LogP contribution is 2.24. The molecule has 70 valence electrons. The number of hydrogen-bond donors (Lipinski definition) is 0. The fourth-order valence-corrected chi connectivity index (χ4v) is 1.88. The van der Waals surface area contributed by atoms with E-state index in [1.54, 1.807) is 6.07 Å². The van der Waals surface area contributed by atoms with Crippen molar-refractivity contribution in [2.45, 2.75) is 13.8 Å². The van der Waals surface area contributed by atoms with Gasteiger partial charge in [-0.1, -0.05) is 6.07 Å². The van der Waals surface area contributed by atoms with Crippen molar-refractivity contribution in [3.8, 4) is 0 Å². The summed E-state index contributed by atoms with van der Waals surface area (Å²) in [7, 11) is 0. The summed E-state index contributed by atoms with van der Waals surface area (Å²) in [4.78, 5) is 11.3. The molecule has 1 rings (SSSR count). The first-order valence-electron chi connectivity index (χ1n) is 3.92. The molecular formula is C10H10BrClO. The van der Waals surface area contributed by atoms with Crippen LogP contribution in [0.4, 0.5) is 0 Å². The Morgan fingerprint density at radius 3 is 2.62 bits per heavy atom. The normalized spacial score (nSPS) is 10.2. The molecule has 0 fully saturated rings. The molecule has 0 aliphatic carbocycles. The van der Waals surface area contributed by atoms with Crippen molar-refractivity contribution in [1.29, 1.82) is 0 Å². The van der Waals surface area contributed by atoms with Crippen molar-refractivity contribution in [2.75, 3.05) is 5.88 Å².